The van der Waals surface area contributed by atoms with Gasteiger partial charge in [-0.25, -0.2) is 4.68 Å². The lowest BCUT2D eigenvalue weighted by Crippen LogP contribution is -2.47. The van der Waals surface area contributed by atoms with E-state index < -0.39 is 5.91 Å². The van der Waals surface area contributed by atoms with Gasteiger partial charge in [-0.05, 0) is 24.3 Å². The number of carbonyl (C=O) groups is 1. The standard InChI is InChI=1S/C16H18ClN5O2/c1-20-16(24)14(17)13(10-19-20)22-8-6-21(7-9-22)12-4-2-11(3-5-12)15(18)23/h2-5,10H,6-9H2,1H3,(H2,18,23). The lowest BCUT2D eigenvalue weighted by Gasteiger charge is -2.37. The molecule has 0 spiro atoms. The summed E-state index contributed by atoms with van der Waals surface area (Å²) in [6, 6.07) is 7.24. The molecule has 0 unspecified atom stereocenters. The third-order valence-corrected chi connectivity index (χ3v) is 4.55. The first kappa shape index (κ1) is 16.3. The van der Waals surface area contributed by atoms with Gasteiger partial charge in [0.15, 0.2) is 0 Å². The van der Waals surface area contributed by atoms with Crippen LogP contribution < -0.4 is 21.1 Å². The maximum absolute atomic E-state index is 11.9. The number of primary amides is 1. The van der Waals surface area contributed by atoms with Gasteiger partial charge in [0.2, 0.25) is 5.91 Å². The van der Waals surface area contributed by atoms with Gasteiger partial charge in [0.05, 0.1) is 11.9 Å². The third kappa shape index (κ3) is 3.07. The van der Waals surface area contributed by atoms with Gasteiger partial charge >= 0.3 is 0 Å². The Kier molecular flexibility index (Phi) is 4.44. The van der Waals surface area contributed by atoms with E-state index in [-0.39, 0.29) is 10.6 Å². The number of halogens is 1. The van der Waals surface area contributed by atoms with Crippen LogP contribution in [0.5, 0.6) is 0 Å². The van der Waals surface area contributed by atoms with Gasteiger partial charge in [-0.1, -0.05) is 11.6 Å². The largest absolute Gasteiger partial charge is 0.368 e. The second-order valence-corrected chi connectivity index (χ2v) is 6.04. The molecular formula is C16H18ClN5O2. The zero-order chi connectivity index (χ0) is 17.3. The highest BCUT2D eigenvalue weighted by atomic mass is 35.5. The molecule has 1 fully saturated rings. The number of piperazine rings is 1. The van der Waals surface area contributed by atoms with Crippen LogP contribution in [0.25, 0.3) is 0 Å². The molecule has 126 valence electrons. The molecule has 0 radical (unpaired) electrons. The number of rotatable bonds is 3. The minimum absolute atomic E-state index is 0.201. The molecule has 1 saturated heterocycles. The molecule has 1 aliphatic rings. The molecule has 0 aliphatic carbocycles. The van der Waals surface area contributed by atoms with Crippen molar-refractivity contribution in [3.63, 3.8) is 0 Å². The van der Waals surface area contributed by atoms with E-state index in [0.29, 0.717) is 11.3 Å². The summed E-state index contributed by atoms with van der Waals surface area (Å²) >= 11 is 6.16. The fraction of sp³-hybridized carbons (Fsp3) is 0.312. The highest BCUT2D eigenvalue weighted by Gasteiger charge is 2.21. The molecule has 0 atom stereocenters. The van der Waals surface area contributed by atoms with Gasteiger partial charge in [0.25, 0.3) is 5.56 Å². The minimum Gasteiger partial charge on any atom is -0.368 e. The van der Waals surface area contributed by atoms with Crippen molar-refractivity contribution < 1.29 is 4.79 Å². The molecule has 0 saturated carbocycles. The van der Waals surface area contributed by atoms with Gasteiger partial charge in [-0.15, -0.1) is 0 Å². The summed E-state index contributed by atoms with van der Waals surface area (Å²) in [7, 11) is 1.58. The van der Waals surface area contributed by atoms with Crippen molar-refractivity contribution >= 4 is 28.9 Å². The Hall–Kier alpha value is -2.54. The number of nitrogens with zero attached hydrogens (tertiary/aromatic N) is 4. The van der Waals surface area contributed by atoms with Crippen LogP contribution in [-0.2, 0) is 7.05 Å². The van der Waals surface area contributed by atoms with E-state index in [1.54, 1.807) is 25.4 Å². The van der Waals surface area contributed by atoms with Gasteiger partial charge in [0, 0.05) is 44.5 Å². The molecular weight excluding hydrogens is 330 g/mol. The quantitative estimate of drug-likeness (QED) is 0.890. The fourth-order valence-electron chi connectivity index (χ4n) is 2.76. The summed E-state index contributed by atoms with van der Waals surface area (Å²) < 4.78 is 1.22. The molecule has 24 heavy (non-hydrogen) atoms. The zero-order valence-corrected chi connectivity index (χ0v) is 14.0. The first-order chi connectivity index (χ1) is 11.5. The Bertz CT molecular complexity index is 810. The van der Waals surface area contributed by atoms with Crippen LogP contribution in [0.2, 0.25) is 5.02 Å². The summed E-state index contributed by atoms with van der Waals surface area (Å²) in [5, 5.41) is 4.24. The van der Waals surface area contributed by atoms with Crippen molar-refractivity contribution in [2.75, 3.05) is 36.0 Å². The number of aryl methyl sites for hydroxylation is 1. The number of nitrogens with two attached hydrogens (primary N) is 1. The SMILES string of the molecule is Cn1ncc(N2CCN(c3ccc(C(N)=O)cc3)CC2)c(Cl)c1=O. The first-order valence-electron chi connectivity index (χ1n) is 7.59. The number of hydrogen-bond donors (Lipinski definition) is 1. The van der Waals surface area contributed by atoms with Crippen LogP contribution in [-0.4, -0.2) is 41.9 Å². The van der Waals surface area contributed by atoms with Crippen molar-refractivity contribution in [1.82, 2.24) is 9.78 Å². The van der Waals surface area contributed by atoms with E-state index >= 15 is 0 Å². The number of aromatic nitrogens is 2. The van der Waals surface area contributed by atoms with Crippen LogP contribution >= 0.6 is 11.6 Å². The predicted molar refractivity (Wildman–Crippen MR) is 93.9 cm³/mol. The van der Waals surface area contributed by atoms with Crippen molar-refractivity contribution in [3.05, 3.63) is 51.4 Å². The lowest BCUT2D eigenvalue weighted by atomic mass is 10.1. The first-order valence-corrected chi connectivity index (χ1v) is 7.97. The van der Waals surface area contributed by atoms with Crippen LogP contribution in [0.1, 0.15) is 10.4 Å². The summed E-state index contributed by atoms with van der Waals surface area (Å²) in [5.41, 5.74) is 7.16. The van der Waals surface area contributed by atoms with Crippen LogP contribution in [0, 0.1) is 0 Å². The van der Waals surface area contributed by atoms with Crippen molar-refractivity contribution in [3.8, 4) is 0 Å². The minimum atomic E-state index is -0.431. The molecule has 7 nitrogen and oxygen atoms in total. The van der Waals surface area contributed by atoms with Gasteiger partial charge in [0.1, 0.15) is 5.02 Å². The van der Waals surface area contributed by atoms with Gasteiger partial charge < -0.3 is 15.5 Å². The Morgan fingerprint density at radius 2 is 1.71 bits per heavy atom. The monoisotopic (exact) mass is 347 g/mol. The lowest BCUT2D eigenvalue weighted by molar-refractivity contribution is 0.100. The topological polar surface area (TPSA) is 84.5 Å². The van der Waals surface area contributed by atoms with Gasteiger partial charge in [-0.2, -0.15) is 5.10 Å². The Labute approximate surface area is 144 Å². The normalized spacial score (nSPS) is 14.8. The zero-order valence-electron chi connectivity index (χ0n) is 13.3. The molecule has 1 amide bonds. The predicted octanol–water partition coefficient (Wildman–Crippen LogP) is 0.859. The van der Waals surface area contributed by atoms with E-state index in [0.717, 1.165) is 31.9 Å². The second-order valence-electron chi connectivity index (χ2n) is 5.66. The van der Waals surface area contributed by atoms with E-state index in [1.165, 1.54) is 4.68 Å². The Morgan fingerprint density at radius 1 is 1.12 bits per heavy atom. The van der Waals surface area contributed by atoms with Crippen LogP contribution in [0.4, 0.5) is 11.4 Å². The summed E-state index contributed by atoms with van der Waals surface area (Å²) in [4.78, 5) is 27.3. The molecule has 2 aromatic rings. The highest BCUT2D eigenvalue weighted by Crippen LogP contribution is 2.24. The fourth-order valence-corrected chi connectivity index (χ4v) is 3.06. The summed E-state index contributed by atoms with van der Waals surface area (Å²) in [6.45, 7) is 3.02. The molecule has 1 aromatic heterocycles. The molecule has 0 bridgehead atoms. The van der Waals surface area contributed by atoms with Gasteiger partial charge in [-0.3, -0.25) is 9.59 Å². The number of benzene rings is 1. The Morgan fingerprint density at radius 3 is 2.29 bits per heavy atom. The average molecular weight is 348 g/mol. The molecule has 2 N–H and O–H groups in total. The second kappa shape index (κ2) is 6.52. The smallest absolute Gasteiger partial charge is 0.287 e. The molecule has 8 heteroatoms. The summed E-state index contributed by atoms with van der Waals surface area (Å²) in [6.07, 6.45) is 1.63. The van der Waals surface area contributed by atoms with Crippen LogP contribution in [0.3, 0.4) is 0 Å². The maximum atomic E-state index is 11.9. The van der Waals surface area contributed by atoms with E-state index in [4.69, 9.17) is 17.3 Å². The van der Waals surface area contributed by atoms with E-state index in [1.807, 2.05) is 12.1 Å². The van der Waals surface area contributed by atoms with E-state index in [9.17, 15) is 9.59 Å². The van der Waals surface area contributed by atoms with Crippen molar-refractivity contribution in [1.29, 1.82) is 0 Å². The number of anilines is 2. The highest BCUT2D eigenvalue weighted by molar-refractivity contribution is 6.33. The number of carbonyl (C=O) groups excluding carboxylic acids is 1. The number of amides is 1. The molecule has 1 aromatic carbocycles. The van der Waals surface area contributed by atoms with E-state index in [2.05, 4.69) is 14.9 Å². The van der Waals surface area contributed by atoms with Crippen molar-refractivity contribution in [2.24, 2.45) is 12.8 Å². The molecule has 1 aliphatic heterocycles. The summed E-state index contributed by atoms with van der Waals surface area (Å²) in [5.74, 6) is -0.431. The number of hydrogen-bond acceptors (Lipinski definition) is 5. The van der Waals surface area contributed by atoms with Crippen LogP contribution in [0.15, 0.2) is 35.3 Å². The van der Waals surface area contributed by atoms with Crippen molar-refractivity contribution in [2.45, 2.75) is 0 Å². The maximum Gasteiger partial charge on any atom is 0.287 e. The average Bonchev–Trinajstić information content (AvgIpc) is 2.60. The molecule has 2 heterocycles. The Balaban J connectivity index is 1.71. The third-order valence-electron chi connectivity index (χ3n) is 4.20. The molecule has 3 rings (SSSR count).